The zero-order valence-corrected chi connectivity index (χ0v) is 20.4. The molecule has 3 atom stereocenters. The number of hydrogen-bond acceptors (Lipinski definition) is 5. The number of likely N-dealkylation sites (tertiary alicyclic amines) is 1. The number of amides is 1. The molecule has 2 aliphatic heterocycles. The highest BCUT2D eigenvalue weighted by Gasteiger charge is 2.39. The number of piperidine rings is 1. The van der Waals surface area contributed by atoms with Crippen LogP contribution in [0.25, 0.3) is 11.0 Å². The third-order valence-electron chi connectivity index (χ3n) is 7.18. The van der Waals surface area contributed by atoms with E-state index in [1.54, 1.807) is 0 Å². The summed E-state index contributed by atoms with van der Waals surface area (Å²) in [5, 5.41) is 9.33. The fraction of sp³-hybridized carbons (Fsp3) is 0.615. The fourth-order valence-electron chi connectivity index (χ4n) is 5.44. The molecule has 8 heteroatoms. The molecule has 4 rings (SSSR count). The minimum Gasteiger partial charge on any atom is -0.459 e. The molecule has 2 aromatic rings. The van der Waals surface area contributed by atoms with E-state index in [0.717, 1.165) is 17.5 Å². The lowest BCUT2D eigenvalue weighted by molar-refractivity contribution is -0.178. The molecule has 2 aliphatic rings. The first-order chi connectivity index (χ1) is 16.4. The van der Waals surface area contributed by atoms with E-state index < -0.39 is 6.29 Å². The monoisotopic (exact) mass is 471 g/mol. The Labute approximate surface area is 200 Å². The number of hydrogen-bond donors (Lipinski definition) is 2. The van der Waals surface area contributed by atoms with Crippen LogP contribution in [0.2, 0.25) is 0 Å². The van der Waals surface area contributed by atoms with Crippen LogP contribution in [0.4, 0.5) is 0 Å². The van der Waals surface area contributed by atoms with Gasteiger partial charge in [-0.3, -0.25) is 9.36 Å². The first-order valence-electron chi connectivity index (χ1n) is 12.5. The highest BCUT2D eigenvalue weighted by Crippen LogP contribution is 2.38. The number of nitrogens with zero attached hydrogens (tertiary/aromatic N) is 2. The van der Waals surface area contributed by atoms with Crippen molar-refractivity contribution < 1.29 is 19.4 Å². The number of ether oxygens (including phenoxy) is 2. The van der Waals surface area contributed by atoms with Gasteiger partial charge in [0.25, 0.3) is 5.91 Å². The molecule has 1 amide bonds. The predicted octanol–water partition coefficient (Wildman–Crippen LogP) is 3.43. The Hall–Kier alpha value is -2.58. The standard InChI is InChI=1S/C26H37N3O5/c1-4-33-25-19(8-7-15-30)20(17(2)3)16-23(34-25)24(31)28-13-11-18(12-14-28)29-22-10-6-5-9-21(22)27-26(29)32/h5-6,9-10,16-20,25,30H,4,7-8,11-15H2,1-3H3,(H,27,32). The Kier molecular flexibility index (Phi) is 7.78. The van der Waals surface area contributed by atoms with E-state index in [0.29, 0.717) is 50.6 Å². The number of rotatable bonds is 8. The Bertz CT molecular complexity index is 1060. The van der Waals surface area contributed by atoms with Crippen LogP contribution in [0.3, 0.4) is 0 Å². The lowest BCUT2D eigenvalue weighted by Gasteiger charge is -2.40. The molecule has 34 heavy (non-hydrogen) atoms. The molecule has 3 unspecified atom stereocenters. The van der Waals surface area contributed by atoms with Gasteiger partial charge in [0.15, 0.2) is 5.76 Å². The van der Waals surface area contributed by atoms with Gasteiger partial charge >= 0.3 is 5.69 Å². The molecule has 1 fully saturated rings. The number of aliphatic hydroxyl groups excluding tert-OH is 1. The van der Waals surface area contributed by atoms with Crippen molar-refractivity contribution in [2.75, 3.05) is 26.3 Å². The maximum atomic E-state index is 13.4. The summed E-state index contributed by atoms with van der Waals surface area (Å²) in [6, 6.07) is 7.77. The van der Waals surface area contributed by atoms with Crippen LogP contribution in [-0.4, -0.2) is 58.1 Å². The fourth-order valence-corrected chi connectivity index (χ4v) is 5.44. The Morgan fingerprint density at radius 3 is 2.68 bits per heavy atom. The molecule has 0 bridgehead atoms. The van der Waals surface area contributed by atoms with Crippen LogP contribution in [-0.2, 0) is 14.3 Å². The topological polar surface area (TPSA) is 96.8 Å². The van der Waals surface area contributed by atoms with Gasteiger partial charge in [-0.25, -0.2) is 4.79 Å². The lowest BCUT2D eigenvalue weighted by Crippen LogP contribution is -2.45. The summed E-state index contributed by atoms with van der Waals surface area (Å²) in [6.45, 7) is 7.98. The smallest absolute Gasteiger partial charge is 0.326 e. The number of carbonyl (C=O) groups excluding carboxylic acids is 1. The van der Waals surface area contributed by atoms with Crippen LogP contribution in [0.15, 0.2) is 40.9 Å². The average Bonchev–Trinajstić information content (AvgIpc) is 3.18. The van der Waals surface area contributed by atoms with Gasteiger partial charge in [-0.05, 0) is 62.7 Å². The summed E-state index contributed by atoms with van der Waals surface area (Å²) < 4.78 is 13.8. The normalized spacial score (nSPS) is 23.9. The third kappa shape index (κ3) is 4.93. The van der Waals surface area contributed by atoms with E-state index in [4.69, 9.17) is 9.47 Å². The van der Waals surface area contributed by atoms with Crippen LogP contribution in [0.1, 0.15) is 52.5 Å². The second-order valence-corrected chi connectivity index (χ2v) is 9.66. The number of benzene rings is 1. The Morgan fingerprint density at radius 1 is 1.26 bits per heavy atom. The highest BCUT2D eigenvalue weighted by atomic mass is 16.7. The van der Waals surface area contributed by atoms with Gasteiger partial charge in [0.2, 0.25) is 6.29 Å². The van der Waals surface area contributed by atoms with Gasteiger partial charge in [0.05, 0.1) is 11.0 Å². The van der Waals surface area contributed by atoms with Crippen molar-refractivity contribution in [3.05, 3.63) is 46.6 Å². The highest BCUT2D eigenvalue weighted by molar-refractivity contribution is 5.91. The van der Waals surface area contributed by atoms with Crippen molar-refractivity contribution in [1.29, 1.82) is 0 Å². The van der Waals surface area contributed by atoms with Gasteiger partial charge in [0.1, 0.15) is 0 Å². The van der Waals surface area contributed by atoms with Gasteiger partial charge in [-0.1, -0.05) is 26.0 Å². The van der Waals surface area contributed by atoms with Gasteiger partial charge in [-0.15, -0.1) is 0 Å². The van der Waals surface area contributed by atoms with Gasteiger partial charge in [0, 0.05) is 38.3 Å². The van der Waals surface area contributed by atoms with Gasteiger partial charge in [-0.2, -0.15) is 0 Å². The van der Waals surface area contributed by atoms with E-state index in [1.807, 2.05) is 46.7 Å². The third-order valence-corrected chi connectivity index (χ3v) is 7.18. The SMILES string of the molecule is CCOC1OC(C(=O)N2CCC(n3c(=O)[nH]c4ccccc43)CC2)=CC(C(C)C)C1CCCO. The number of allylic oxidation sites excluding steroid dienone is 1. The summed E-state index contributed by atoms with van der Waals surface area (Å²) in [7, 11) is 0. The number of aliphatic hydroxyl groups is 1. The molecule has 1 saturated heterocycles. The molecule has 186 valence electrons. The molecular weight excluding hydrogens is 434 g/mol. The zero-order chi connectivity index (χ0) is 24.2. The summed E-state index contributed by atoms with van der Waals surface area (Å²) in [5.41, 5.74) is 1.64. The largest absolute Gasteiger partial charge is 0.459 e. The second-order valence-electron chi connectivity index (χ2n) is 9.66. The molecular formula is C26H37N3O5. The minimum absolute atomic E-state index is 0.0522. The number of aromatic nitrogens is 2. The first-order valence-corrected chi connectivity index (χ1v) is 12.5. The lowest BCUT2D eigenvalue weighted by atomic mass is 9.78. The molecule has 8 nitrogen and oxygen atoms in total. The second kappa shape index (κ2) is 10.8. The molecule has 3 heterocycles. The predicted molar refractivity (Wildman–Crippen MR) is 130 cm³/mol. The minimum atomic E-state index is -0.491. The number of imidazole rings is 1. The maximum absolute atomic E-state index is 13.4. The number of aromatic amines is 1. The van der Waals surface area contributed by atoms with Crippen molar-refractivity contribution in [3.63, 3.8) is 0 Å². The van der Waals surface area contributed by atoms with Crippen molar-refractivity contribution >= 4 is 16.9 Å². The van der Waals surface area contributed by atoms with E-state index in [2.05, 4.69) is 18.8 Å². The van der Waals surface area contributed by atoms with Crippen molar-refractivity contribution in [1.82, 2.24) is 14.5 Å². The van der Waals surface area contributed by atoms with Crippen LogP contribution in [0, 0.1) is 17.8 Å². The summed E-state index contributed by atoms with van der Waals surface area (Å²) in [6.07, 6.45) is 4.37. The zero-order valence-electron chi connectivity index (χ0n) is 20.4. The molecule has 0 radical (unpaired) electrons. The van der Waals surface area contributed by atoms with Crippen molar-refractivity contribution in [2.24, 2.45) is 17.8 Å². The van der Waals surface area contributed by atoms with Crippen molar-refractivity contribution in [3.8, 4) is 0 Å². The number of para-hydroxylation sites is 2. The van der Waals surface area contributed by atoms with Crippen LogP contribution < -0.4 is 5.69 Å². The Balaban J connectivity index is 1.48. The van der Waals surface area contributed by atoms with E-state index >= 15 is 0 Å². The number of H-pyrrole nitrogens is 1. The van der Waals surface area contributed by atoms with Crippen LogP contribution >= 0.6 is 0 Å². The molecule has 0 saturated carbocycles. The molecule has 1 aromatic heterocycles. The number of nitrogens with one attached hydrogen (secondary N) is 1. The molecule has 2 N–H and O–H groups in total. The quantitative estimate of drug-likeness (QED) is 0.615. The summed E-state index contributed by atoms with van der Waals surface area (Å²) >= 11 is 0. The van der Waals surface area contributed by atoms with E-state index in [1.165, 1.54) is 0 Å². The molecule has 1 aromatic carbocycles. The van der Waals surface area contributed by atoms with Crippen molar-refractivity contribution in [2.45, 2.75) is 58.8 Å². The average molecular weight is 472 g/mol. The molecule has 0 spiro atoms. The van der Waals surface area contributed by atoms with E-state index in [-0.39, 0.29) is 36.1 Å². The van der Waals surface area contributed by atoms with Gasteiger partial charge < -0.3 is 24.5 Å². The van der Waals surface area contributed by atoms with Crippen LogP contribution in [0.5, 0.6) is 0 Å². The first kappa shape index (κ1) is 24.5. The summed E-state index contributed by atoms with van der Waals surface area (Å²) in [5.74, 6) is 0.805. The summed E-state index contributed by atoms with van der Waals surface area (Å²) in [4.78, 5) is 30.8. The molecule has 0 aliphatic carbocycles. The number of carbonyl (C=O) groups is 1. The number of fused-ring (bicyclic) bond motifs is 1. The maximum Gasteiger partial charge on any atom is 0.326 e. The van der Waals surface area contributed by atoms with E-state index in [9.17, 15) is 14.7 Å². The Morgan fingerprint density at radius 2 is 2.00 bits per heavy atom.